The molecule has 1 amide bonds. The molecule has 15 heteroatoms. The Morgan fingerprint density at radius 3 is 2.60 bits per heavy atom. The van der Waals surface area contributed by atoms with E-state index in [1.54, 1.807) is 31.2 Å². The third-order valence-electron chi connectivity index (χ3n) is 5.51. The van der Waals surface area contributed by atoms with Crippen LogP contribution >= 0.6 is 11.9 Å². The van der Waals surface area contributed by atoms with E-state index < -0.39 is 11.5 Å². The number of amides is 1. The summed E-state index contributed by atoms with van der Waals surface area (Å²) >= 11 is 0.948. The van der Waals surface area contributed by atoms with Crippen molar-refractivity contribution in [2.75, 3.05) is 56.3 Å². The number of nitrogens with one attached hydrogen (secondary N) is 3. The molecule has 0 fully saturated rings. The van der Waals surface area contributed by atoms with Crippen molar-refractivity contribution in [3.05, 3.63) is 62.9 Å². The van der Waals surface area contributed by atoms with Gasteiger partial charge < -0.3 is 30.9 Å². The maximum Gasteiger partial charge on any atom is 0.303 e. The van der Waals surface area contributed by atoms with Crippen molar-refractivity contribution < 1.29 is 24.2 Å². The third kappa shape index (κ3) is 18.0. The Hall–Kier alpha value is -4.52. The van der Waals surface area contributed by atoms with Crippen molar-refractivity contribution in [1.82, 2.24) is 15.3 Å². The van der Waals surface area contributed by atoms with E-state index >= 15 is 0 Å². The number of aliphatic imine (C=N–C) groups is 1. The zero-order valence-corrected chi connectivity index (χ0v) is 26.4. The number of hydrogen-bond donors (Lipinski definition) is 5. The van der Waals surface area contributed by atoms with Crippen LogP contribution in [-0.4, -0.2) is 77.9 Å². The molecule has 2 aromatic rings. The minimum absolute atomic E-state index is 0.0115. The van der Waals surface area contributed by atoms with Crippen LogP contribution in [0.15, 0.2) is 50.8 Å². The van der Waals surface area contributed by atoms with Crippen LogP contribution in [-0.2, 0) is 14.3 Å². The first-order valence-electron chi connectivity index (χ1n) is 14.2. The summed E-state index contributed by atoms with van der Waals surface area (Å²) in [6.45, 7) is 6.21. The number of hydrogen-bond acceptors (Lipinski definition) is 12. The van der Waals surface area contributed by atoms with Crippen molar-refractivity contribution in [1.29, 1.82) is 0 Å². The number of aliphatic carboxylic acids is 1. The number of carboxylic acid groups (broad SMARTS) is 1. The van der Waals surface area contributed by atoms with Gasteiger partial charge in [-0.2, -0.15) is 0 Å². The highest BCUT2D eigenvalue weighted by molar-refractivity contribution is 7.97. The van der Waals surface area contributed by atoms with E-state index in [1.165, 1.54) is 0 Å². The minimum Gasteiger partial charge on any atom is -0.481 e. The minimum atomic E-state index is -0.889. The number of aromatic nitrogens is 2. The van der Waals surface area contributed by atoms with Gasteiger partial charge in [0, 0.05) is 46.5 Å². The van der Waals surface area contributed by atoms with Gasteiger partial charge in [-0.3, -0.25) is 19.4 Å². The average molecular weight is 644 g/mol. The molecule has 0 saturated heterocycles. The second-order valence-corrected chi connectivity index (χ2v) is 9.96. The number of aromatic amines is 1. The summed E-state index contributed by atoms with van der Waals surface area (Å²) in [5.41, 5.74) is 7.71. The molecule has 0 aliphatic heterocycles. The molecule has 1 aromatic heterocycles. The number of nitroso groups, excluding NO2 is 1. The lowest BCUT2D eigenvalue weighted by atomic mass is 10.2. The van der Waals surface area contributed by atoms with Crippen LogP contribution in [0.1, 0.15) is 48.7 Å². The average Bonchev–Trinajstić information content (AvgIpc) is 3.01. The molecule has 2 rings (SSSR count). The standard InChI is InChI=1S/C23H30N6O4.C7H11NO3S/c1-3-4-5-7-18(28-20-15(2)27-23(24)29-22(20)33)14-26-17-11-9-16(10-12-17)21(32)25-13-6-8-19(30)31;1-2-3-10-4-5-11-6-7-12-8-9/h5,7,9-12,26H,3-4,6,8,13-14H2,1-2H3,(H,25,32)(H,30,31)(H3,24,27,29,33);1H,3-7H2/b7-5+,28-18?;. The second kappa shape index (κ2) is 23.9. The highest BCUT2D eigenvalue weighted by atomic mass is 32.2. The lowest BCUT2D eigenvalue weighted by Crippen LogP contribution is -2.24. The fraction of sp³-hybridized carbons (Fsp3) is 0.433. The third-order valence-corrected chi connectivity index (χ3v) is 5.97. The summed E-state index contributed by atoms with van der Waals surface area (Å²) in [6.07, 6.45) is 11.1. The Balaban J connectivity index is 0.000000712. The fourth-order valence-electron chi connectivity index (χ4n) is 3.36. The number of carbonyl (C=O) groups is 2. The van der Waals surface area contributed by atoms with Gasteiger partial charge in [-0.05, 0) is 50.1 Å². The molecule has 0 saturated carbocycles. The highest BCUT2D eigenvalue weighted by Gasteiger charge is 2.08. The molecule has 0 radical (unpaired) electrons. The summed E-state index contributed by atoms with van der Waals surface area (Å²) in [7, 11) is 0. The van der Waals surface area contributed by atoms with Gasteiger partial charge in [0.25, 0.3) is 11.5 Å². The molecule has 14 nitrogen and oxygen atoms in total. The molecular weight excluding hydrogens is 602 g/mol. The number of carbonyl (C=O) groups excluding carboxylic acids is 1. The van der Waals surface area contributed by atoms with Crippen LogP contribution in [0.2, 0.25) is 0 Å². The first-order chi connectivity index (χ1) is 21.7. The predicted molar refractivity (Wildman–Crippen MR) is 178 cm³/mol. The number of nitrogens with two attached hydrogens (primary N) is 1. The lowest BCUT2D eigenvalue weighted by Gasteiger charge is -2.09. The van der Waals surface area contributed by atoms with Crippen molar-refractivity contribution in [2.45, 2.75) is 39.5 Å². The monoisotopic (exact) mass is 643 g/mol. The number of carboxylic acids is 1. The molecule has 244 valence electrons. The smallest absolute Gasteiger partial charge is 0.303 e. The molecule has 45 heavy (non-hydrogen) atoms. The van der Waals surface area contributed by atoms with Crippen LogP contribution in [0.25, 0.3) is 0 Å². The van der Waals surface area contributed by atoms with E-state index in [4.69, 9.17) is 26.7 Å². The maximum atomic E-state index is 12.2. The van der Waals surface area contributed by atoms with E-state index in [2.05, 4.69) is 43.0 Å². The topological polar surface area (TPSA) is 210 Å². The van der Waals surface area contributed by atoms with Gasteiger partial charge in [-0.1, -0.05) is 25.3 Å². The molecular formula is C30H41N7O7S. The predicted octanol–water partition coefficient (Wildman–Crippen LogP) is 3.86. The number of rotatable bonds is 20. The van der Waals surface area contributed by atoms with E-state index in [0.29, 0.717) is 68.7 Å². The van der Waals surface area contributed by atoms with Gasteiger partial charge in [0.05, 0.1) is 37.8 Å². The summed E-state index contributed by atoms with van der Waals surface area (Å²) in [6, 6.07) is 6.89. The summed E-state index contributed by atoms with van der Waals surface area (Å²) in [5, 5.41) is 14.6. The fourth-order valence-corrected chi connectivity index (χ4v) is 3.63. The number of H-pyrrole nitrogens is 1. The number of aryl methyl sites for hydroxylation is 1. The first kappa shape index (κ1) is 38.5. The largest absolute Gasteiger partial charge is 0.481 e. The van der Waals surface area contributed by atoms with Crippen LogP contribution in [0.4, 0.5) is 17.3 Å². The number of allylic oxidation sites excluding steroid dienone is 1. The second-order valence-electron chi connectivity index (χ2n) is 9.14. The lowest BCUT2D eigenvalue weighted by molar-refractivity contribution is -0.137. The molecule has 1 aromatic carbocycles. The van der Waals surface area contributed by atoms with E-state index in [-0.39, 0.29) is 24.0 Å². The molecule has 6 N–H and O–H groups in total. The van der Waals surface area contributed by atoms with Crippen LogP contribution in [0, 0.1) is 24.2 Å². The first-order valence-corrected chi connectivity index (χ1v) is 15.1. The Kier molecular flexibility index (Phi) is 20.4. The summed E-state index contributed by atoms with van der Waals surface area (Å²) < 4.78 is 12.6. The van der Waals surface area contributed by atoms with Gasteiger partial charge in [0.2, 0.25) is 5.95 Å². The number of terminal acetylenes is 1. The Morgan fingerprint density at radius 1 is 1.22 bits per heavy atom. The quantitative estimate of drug-likeness (QED) is 0.0460. The number of benzene rings is 1. The number of nitrogen functional groups attached to an aromatic ring is 1. The van der Waals surface area contributed by atoms with E-state index in [0.717, 1.165) is 30.5 Å². The number of ether oxygens (including phenoxy) is 2. The van der Waals surface area contributed by atoms with Gasteiger partial charge in [0.15, 0.2) is 0 Å². The normalized spacial score (nSPS) is 10.9. The van der Waals surface area contributed by atoms with Gasteiger partial charge in [0.1, 0.15) is 12.3 Å². The van der Waals surface area contributed by atoms with Crippen LogP contribution in [0.3, 0.4) is 0 Å². The molecule has 0 unspecified atom stereocenters. The molecule has 0 atom stereocenters. The summed E-state index contributed by atoms with van der Waals surface area (Å²) in [5.74, 6) is 1.82. The molecule has 0 bridgehead atoms. The Morgan fingerprint density at radius 2 is 1.96 bits per heavy atom. The molecule has 0 aliphatic rings. The van der Waals surface area contributed by atoms with Gasteiger partial charge in [-0.15, -0.1) is 11.3 Å². The van der Waals surface area contributed by atoms with Gasteiger partial charge >= 0.3 is 5.97 Å². The number of nitrogens with zero attached hydrogens (tertiary/aromatic N) is 3. The Bertz CT molecular complexity index is 1360. The van der Waals surface area contributed by atoms with Gasteiger partial charge in [-0.25, -0.2) is 9.98 Å². The highest BCUT2D eigenvalue weighted by Crippen LogP contribution is 2.13. The zero-order chi connectivity index (χ0) is 33.3. The number of unbranched alkanes of at least 4 members (excludes halogenated alkanes) is 1. The van der Waals surface area contributed by atoms with Crippen LogP contribution in [0.5, 0.6) is 0 Å². The Labute approximate surface area is 266 Å². The van der Waals surface area contributed by atoms with Crippen molar-refractivity contribution in [3.8, 4) is 12.3 Å². The molecule has 1 heterocycles. The SMILES string of the molecule is C#CCOCCOCCSN=O.CCC/C=C/C(CNc1ccc(C(=O)NCCCC(=O)O)cc1)=Nc1c(C)nc(N)[nH]c1=O. The van der Waals surface area contributed by atoms with Crippen LogP contribution < -0.4 is 21.9 Å². The van der Waals surface area contributed by atoms with Crippen molar-refractivity contribution in [2.24, 2.45) is 9.57 Å². The van der Waals surface area contributed by atoms with E-state index in [9.17, 15) is 19.3 Å². The van der Waals surface area contributed by atoms with Crippen molar-refractivity contribution in [3.63, 3.8) is 0 Å². The maximum absolute atomic E-state index is 12.2. The van der Waals surface area contributed by atoms with Crippen molar-refractivity contribution >= 4 is 46.9 Å². The zero-order valence-electron chi connectivity index (χ0n) is 25.5. The molecule has 0 aliphatic carbocycles. The summed E-state index contributed by atoms with van der Waals surface area (Å²) in [4.78, 5) is 55.5. The van der Waals surface area contributed by atoms with E-state index in [1.807, 2.05) is 12.2 Å². The number of anilines is 2. The molecule has 0 spiro atoms.